The molecule has 0 unspecified atom stereocenters. The Morgan fingerprint density at radius 1 is 1.43 bits per heavy atom. The number of nitrogens with zero attached hydrogens (tertiary/aromatic N) is 2. The summed E-state index contributed by atoms with van der Waals surface area (Å²) in [6.07, 6.45) is 1.91. The summed E-state index contributed by atoms with van der Waals surface area (Å²) in [4.78, 5) is 34.9. The lowest BCUT2D eigenvalue weighted by molar-refractivity contribution is -0.384. The molecule has 0 radical (unpaired) electrons. The second kappa shape index (κ2) is 6.34. The molecule has 112 valence electrons. The zero-order chi connectivity index (χ0) is 15.4. The van der Waals surface area contributed by atoms with Gasteiger partial charge in [0.2, 0.25) is 5.91 Å². The van der Waals surface area contributed by atoms with Crippen molar-refractivity contribution in [2.24, 2.45) is 5.92 Å². The summed E-state index contributed by atoms with van der Waals surface area (Å²) in [5, 5.41) is 13.8. The fraction of sp³-hybridized carbons (Fsp3) is 0.429. The third-order valence-corrected chi connectivity index (χ3v) is 3.79. The van der Waals surface area contributed by atoms with Crippen LogP contribution < -0.4 is 10.2 Å². The highest BCUT2D eigenvalue weighted by Gasteiger charge is 2.27. The molecule has 1 fully saturated rings. The molecule has 1 aliphatic rings. The monoisotopic (exact) mass is 291 g/mol. The molecule has 1 amide bonds. The van der Waals surface area contributed by atoms with Gasteiger partial charge in [-0.25, -0.2) is 0 Å². The second-order valence-electron chi connectivity index (χ2n) is 5.00. The van der Waals surface area contributed by atoms with Gasteiger partial charge in [-0.1, -0.05) is 0 Å². The number of nitrogens with one attached hydrogen (secondary N) is 1. The Morgan fingerprint density at radius 3 is 2.62 bits per heavy atom. The zero-order valence-electron chi connectivity index (χ0n) is 11.7. The van der Waals surface area contributed by atoms with Gasteiger partial charge in [0.15, 0.2) is 0 Å². The molecular formula is C14H17N3O4. The van der Waals surface area contributed by atoms with Crippen LogP contribution in [0.5, 0.6) is 0 Å². The Labute approximate surface area is 122 Å². The Hall–Kier alpha value is -2.44. The number of hydrogen-bond acceptors (Lipinski definition) is 5. The van der Waals surface area contributed by atoms with E-state index in [1.54, 1.807) is 19.2 Å². The Bertz CT molecular complexity index is 565. The lowest BCUT2D eigenvalue weighted by Crippen LogP contribution is -2.39. The Morgan fingerprint density at radius 2 is 2.10 bits per heavy atom. The van der Waals surface area contributed by atoms with Crippen LogP contribution in [-0.2, 0) is 4.79 Å². The molecular weight excluding hydrogens is 274 g/mol. The number of carbonyl (C=O) groups excluding carboxylic acids is 2. The van der Waals surface area contributed by atoms with Gasteiger partial charge in [-0.2, -0.15) is 0 Å². The molecule has 1 aliphatic heterocycles. The lowest BCUT2D eigenvalue weighted by atomic mass is 9.95. The molecule has 0 saturated carbocycles. The highest BCUT2D eigenvalue weighted by molar-refractivity contribution is 5.80. The van der Waals surface area contributed by atoms with Crippen LogP contribution in [0.3, 0.4) is 0 Å². The molecule has 0 aromatic heterocycles. The van der Waals surface area contributed by atoms with E-state index in [-0.39, 0.29) is 23.1 Å². The molecule has 21 heavy (non-hydrogen) atoms. The van der Waals surface area contributed by atoms with Crippen LogP contribution in [0.2, 0.25) is 0 Å². The minimum absolute atomic E-state index is 0.0143. The lowest BCUT2D eigenvalue weighted by Gasteiger charge is -2.32. The summed E-state index contributed by atoms with van der Waals surface area (Å²) in [6.45, 7) is 1.17. The fourth-order valence-corrected chi connectivity index (χ4v) is 2.61. The maximum Gasteiger partial charge on any atom is 0.293 e. The topological polar surface area (TPSA) is 92.6 Å². The highest BCUT2D eigenvalue weighted by atomic mass is 16.6. The van der Waals surface area contributed by atoms with Crippen LogP contribution >= 0.6 is 0 Å². The Balaban J connectivity index is 2.18. The van der Waals surface area contributed by atoms with Crippen molar-refractivity contribution in [3.63, 3.8) is 0 Å². The minimum Gasteiger partial charge on any atom is -0.366 e. The summed E-state index contributed by atoms with van der Waals surface area (Å²) in [7, 11) is 1.61. The van der Waals surface area contributed by atoms with Crippen LogP contribution in [0.15, 0.2) is 18.2 Å². The normalized spacial score (nSPS) is 15.6. The quantitative estimate of drug-likeness (QED) is 0.514. The standard InChI is InChI=1S/C14H17N3O4/c1-15-14(19)11-4-6-16(7-5-11)12-3-2-10(9-18)8-13(12)17(20)21/h2-3,8-9,11H,4-7H2,1H3,(H,15,19). The minimum atomic E-state index is -0.479. The van der Waals surface area contributed by atoms with E-state index in [1.807, 2.05) is 4.90 Å². The maximum atomic E-state index is 11.6. The van der Waals surface area contributed by atoms with Crippen LogP contribution in [0.4, 0.5) is 11.4 Å². The summed E-state index contributed by atoms with van der Waals surface area (Å²) in [5.74, 6) is -0.0278. The van der Waals surface area contributed by atoms with Gasteiger partial charge in [0, 0.05) is 37.7 Å². The third-order valence-electron chi connectivity index (χ3n) is 3.79. The molecule has 0 atom stereocenters. The van der Waals surface area contributed by atoms with Gasteiger partial charge in [0.25, 0.3) is 5.69 Å². The van der Waals surface area contributed by atoms with E-state index in [0.717, 1.165) is 0 Å². The molecule has 1 N–H and O–H groups in total. The molecule has 0 bridgehead atoms. The first-order chi connectivity index (χ1) is 10.1. The van der Waals surface area contributed by atoms with Gasteiger partial charge in [0.05, 0.1) is 4.92 Å². The SMILES string of the molecule is CNC(=O)C1CCN(c2ccc(C=O)cc2[N+](=O)[O-])CC1. The second-order valence-corrected chi connectivity index (χ2v) is 5.00. The van der Waals surface area contributed by atoms with Crippen molar-refractivity contribution in [1.29, 1.82) is 0 Å². The number of hydrogen-bond donors (Lipinski definition) is 1. The number of anilines is 1. The average molecular weight is 291 g/mol. The summed E-state index contributed by atoms with van der Waals surface area (Å²) in [6, 6.07) is 4.45. The molecule has 7 nitrogen and oxygen atoms in total. The van der Waals surface area contributed by atoms with Gasteiger partial charge >= 0.3 is 0 Å². The van der Waals surface area contributed by atoms with E-state index >= 15 is 0 Å². The van der Waals surface area contributed by atoms with Crippen LogP contribution in [-0.4, -0.2) is 37.3 Å². The van der Waals surface area contributed by atoms with Crippen molar-refractivity contribution >= 4 is 23.6 Å². The maximum absolute atomic E-state index is 11.6. The molecule has 0 aliphatic carbocycles. The molecule has 1 heterocycles. The van der Waals surface area contributed by atoms with Crippen LogP contribution in [0.25, 0.3) is 0 Å². The largest absolute Gasteiger partial charge is 0.366 e. The van der Waals surface area contributed by atoms with E-state index in [9.17, 15) is 19.7 Å². The van der Waals surface area contributed by atoms with Gasteiger partial charge in [-0.05, 0) is 25.0 Å². The van der Waals surface area contributed by atoms with Crippen molar-refractivity contribution in [3.8, 4) is 0 Å². The number of aldehydes is 1. The number of carbonyl (C=O) groups is 2. The van der Waals surface area contributed by atoms with Crippen molar-refractivity contribution in [2.75, 3.05) is 25.0 Å². The number of piperidine rings is 1. The third kappa shape index (κ3) is 3.18. The van der Waals surface area contributed by atoms with Gasteiger partial charge in [0.1, 0.15) is 12.0 Å². The van der Waals surface area contributed by atoms with E-state index in [4.69, 9.17) is 0 Å². The number of nitro benzene ring substituents is 1. The number of nitro groups is 1. The first kappa shape index (κ1) is 15.0. The summed E-state index contributed by atoms with van der Waals surface area (Å²) >= 11 is 0. The summed E-state index contributed by atoms with van der Waals surface area (Å²) < 4.78 is 0. The number of amides is 1. The average Bonchev–Trinajstić information content (AvgIpc) is 2.53. The van der Waals surface area contributed by atoms with Crippen molar-refractivity contribution in [1.82, 2.24) is 5.32 Å². The van der Waals surface area contributed by atoms with Crippen molar-refractivity contribution < 1.29 is 14.5 Å². The number of benzene rings is 1. The molecule has 1 aromatic rings. The van der Waals surface area contributed by atoms with Crippen LogP contribution in [0.1, 0.15) is 23.2 Å². The predicted octanol–water partition coefficient (Wildman–Crippen LogP) is 1.37. The van der Waals surface area contributed by atoms with Crippen LogP contribution in [0, 0.1) is 16.0 Å². The molecule has 0 spiro atoms. The number of rotatable bonds is 4. The van der Waals surface area contributed by atoms with Gasteiger partial charge in [-0.15, -0.1) is 0 Å². The smallest absolute Gasteiger partial charge is 0.293 e. The molecule has 2 rings (SSSR count). The summed E-state index contributed by atoms with van der Waals surface area (Å²) in [5.41, 5.74) is 0.713. The molecule has 1 aromatic carbocycles. The fourth-order valence-electron chi connectivity index (χ4n) is 2.61. The predicted molar refractivity (Wildman–Crippen MR) is 77.5 cm³/mol. The molecule has 1 saturated heterocycles. The first-order valence-corrected chi connectivity index (χ1v) is 6.77. The highest BCUT2D eigenvalue weighted by Crippen LogP contribution is 2.32. The Kier molecular flexibility index (Phi) is 4.52. The zero-order valence-corrected chi connectivity index (χ0v) is 11.7. The van der Waals surface area contributed by atoms with E-state index in [2.05, 4.69) is 5.32 Å². The van der Waals surface area contributed by atoms with E-state index in [0.29, 0.717) is 37.9 Å². The van der Waals surface area contributed by atoms with Crippen molar-refractivity contribution in [3.05, 3.63) is 33.9 Å². The molecule has 7 heteroatoms. The van der Waals surface area contributed by atoms with E-state index in [1.165, 1.54) is 6.07 Å². The van der Waals surface area contributed by atoms with Gasteiger partial charge in [-0.3, -0.25) is 19.7 Å². The van der Waals surface area contributed by atoms with Gasteiger partial charge < -0.3 is 10.2 Å². The van der Waals surface area contributed by atoms with E-state index < -0.39 is 4.92 Å². The van der Waals surface area contributed by atoms with Crippen molar-refractivity contribution in [2.45, 2.75) is 12.8 Å². The first-order valence-electron chi connectivity index (χ1n) is 6.77.